The summed E-state index contributed by atoms with van der Waals surface area (Å²) in [5, 5.41) is 3.65. The second kappa shape index (κ2) is 10.2. The van der Waals surface area contributed by atoms with Crippen LogP contribution in [0.15, 0.2) is 54.6 Å². The van der Waals surface area contributed by atoms with Crippen LogP contribution in [0.5, 0.6) is 0 Å². The minimum absolute atomic E-state index is 0.0482. The molecule has 0 atom stereocenters. The Morgan fingerprint density at radius 2 is 1.77 bits per heavy atom. The molecule has 1 aliphatic heterocycles. The first-order valence-electron chi connectivity index (χ1n) is 11.2. The third kappa shape index (κ3) is 5.81. The maximum Gasteiger partial charge on any atom is 0.280 e. The molecule has 1 aliphatic rings. The van der Waals surface area contributed by atoms with Gasteiger partial charge in [-0.15, -0.1) is 11.3 Å². The van der Waals surface area contributed by atoms with Gasteiger partial charge in [0.1, 0.15) is 0 Å². The van der Waals surface area contributed by atoms with Crippen LogP contribution in [0.25, 0.3) is 11.3 Å². The van der Waals surface area contributed by atoms with Crippen LogP contribution in [0.3, 0.4) is 0 Å². The molecule has 162 valence electrons. The quantitative estimate of drug-likeness (QED) is 0.538. The number of nitrogens with zero attached hydrogens (tertiary/aromatic N) is 2. The second-order valence-corrected chi connectivity index (χ2v) is 9.74. The predicted molar refractivity (Wildman–Crippen MR) is 128 cm³/mol. The summed E-state index contributed by atoms with van der Waals surface area (Å²) in [6.07, 6.45) is 3.45. The van der Waals surface area contributed by atoms with Crippen molar-refractivity contribution in [3.8, 4) is 11.3 Å². The largest absolute Gasteiger partial charge is 0.350 e. The van der Waals surface area contributed by atoms with Crippen molar-refractivity contribution in [2.45, 2.75) is 39.7 Å². The Morgan fingerprint density at radius 1 is 1.06 bits per heavy atom. The van der Waals surface area contributed by atoms with E-state index in [0.29, 0.717) is 10.9 Å². The van der Waals surface area contributed by atoms with E-state index in [1.54, 1.807) is 0 Å². The second-order valence-electron chi connectivity index (χ2n) is 8.54. The Hall–Kier alpha value is -2.50. The number of aryl methyl sites for hydroxylation is 2. The van der Waals surface area contributed by atoms with Crippen LogP contribution < -0.4 is 5.32 Å². The van der Waals surface area contributed by atoms with Gasteiger partial charge in [0.05, 0.1) is 5.69 Å². The van der Waals surface area contributed by atoms with E-state index >= 15 is 0 Å². The molecule has 1 N–H and O–H groups in total. The molecule has 4 nitrogen and oxygen atoms in total. The number of amides is 1. The minimum Gasteiger partial charge on any atom is -0.350 e. The van der Waals surface area contributed by atoms with E-state index in [-0.39, 0.29) is 5.91 Å². The molecule has 5 heteroatoms. The monoisotopic (exact) mass is 433 g/mol. The molecule has 0 saturated carbocycles. The number of hydrogen-bond acceptors (Lipinski definition) is 4. The highest BCUT2D eigenvalue weighted by atomic mass is 32.1. The van der Waals surface area contributed by atoms with Crippen LogP contribution in [-0.2, 0) is 6.54 Å². The van der Waals surface area contributed by atoms with Gasteiger partial charge < -0.3 is 5.32 Å². The van der Waals surface area contributed by atoms with Gasteiger partial charge in [-0.05, 0) is 57.7 Å². The number of thiazole rings is 1. The van der Waals surface area contributed by atoms with Gasteiger partial charge in [0, 0.05) is 23.5 Å². The van der Waals surface area contributed by atoms with Crippen molar-refractivity contribution in [1.29, 1.82) is 0 Å². The summed E-state index contributed by atoms with van der Waals surface area (Å²) in [7, 11) is 0. The summed E-state index contributed by atoms with van der Waals surface area (Å²) in [6, 6.07) is 19.0. The Labute approximate surface area is 189 Å². The summed E-state index contributed by atoms with van der Waals surface area (Å²) in [4.78, 5) is 20.9. The smallest absolute Gasteiger partial charge is 0.280 e. The van der Waals surface area contributed by atoms with Gasteiger partial charge in [-0.2, -0.15) is 0 Å². The first kappa shape index (κ1) is 21.7. The van der Waals surface area contributed by atoms with Gasteiger partial charge in [-0.25, -0.2) is 4.98 Å². The first-order valence-corrected chi connectivity index (χ1v) is 12.0. The van der Waals surface area contributed by atoms with E-state index < -0.39 is 0 Å². The third-order valence-electron chi connectivity index (χ3n) is 6.11. The summed E-state index contributed by atoms with van der Waals surface area (Å²) in [5.41, 5.74) is 4.60. The van der Waals surface area contributed by atoms with E-state index in [0.717, 1.165) is 48.7 Å². The lowest BCUT2D eigenvalue weighted by atomic mass is 9.93. The van der Waals surface area contributed by atoms with E-state index in [9.17, 15) is 4.79 Å². The van der Waals surface area contributed by atoms with Crippen molar-refractivity contribution in [2.75, 3.05) is 19.6 Å². The Balaban J connectivity index is 1.22. The molecule has 4 rings (SSSR count). The zero-order valence-electron chi connectivity index (χ0n) is 18.4. The molecule has 0 bridgehead atoms. The molecular weight excluding hydrogens is 402 g/mol. The third-order valence-corrected chi connectivity index (χ3v) is 7.08. The molecule has 0 unspecified atom stereocenters. The molecule has 3 aromatic rings. The molecular formula is C26H31N3OS. The topological polar surface area (TPSA) is 45.2 Å². The van der Waals surface area contributed by atoms with Crippen LogP contribution in [0, 0.1) is 19.8 Å². The maximum absolute atomic E-state index is 12.6. The van der Waals surface area contributed by atoms with Crippen molar-refractivity contribution >= 4 is 17.2 Å². The van der Waals surface area contributed by atoms with Gasteiger partial charge >= 0.3 is 0 Å². The van der Waals surface area contributed by atoms with Gasteiger partial charge in [-0.3, -0.25) is 9.69 Å². The normalized spacial score (nSPS) is 15.2. The number of rotatable bonds is 7. The summed E-state index contributed by atoms with van der Waals surface area (Å²) < 4.78 is 0. The molecule has 2 aromatic carbocycles. The number of aromatic nitrogens is 1. The maximum atomic E-state index is 12.6. The van der Waals surface area contributed by atoms with Gasteiger partial charge in [-0.1, -0.05) is 60.2 Å². The SMILES string of the molecule is Cc1ccc(-c2nc(C(=O)NCCC3CCN(Cc4ccccc4)CC3)sc2C)cc1. The number of nitrogens with one attached hydrogen (secondary N) is 1. The molecule has 31 heavy (non-hydrogen) atoms. The lowest BCUT2D eigenvalue weighted by Gasteiger charge is -2.32. The summed E-state index contributed by atoms with van der Waals surface area (Å²) >= 11 is 1.48. The fourth-order valence-electron chi connectivity index (χ4n) is 4.21. The van der Waals surface area contributed by atoms with Crippen LogP contribution in [0.4, 0.5) is 0 Å². The number of carbonyl (C=O) groups excluding carboxylic acids is 1. The molecule has 2 heterocycles. The number of benzene rings is 2. The van der Waals surface area contributed by atoms with Crippen molar-refractivity contribution in [2.24, 2.45) is 5.92 Å². The van der Waals surface area contributed by atoms with Gasteiger partial charge in [0.2, 0.25) is 0 Å². The average molecular weight is 434 g/mol. The molecule has 1 fully saturated rings. The zero-order chi connectivity index (χ0) is 21.6. The standard InChI is InChI=1S/C26H31N3OS/c1-19-8-10-23(11-9-19)24-20(2)31-26(28-24)25(30)27-15-12-21-13-16-29(17-14-21)18-22-6-4-3-5-7-22/h3-11,21H,12-18H2,1-2H3,(H,27,30). The number of carbonyl (C=O) groups is 1. The van der Waals surface area contributed by atoms with Crippen molar-refractivity contribution in [3.05, 3.63) is 75.6 Å². The van der Waals surface area contributed by atoms with E-state index in [4.69, 9.17) is 0 Å². The summed E-state index contributed by atoms with van der Waals surface area (Å²) in [5.74, 6) is 0.640. The van der Waals surface area contributed by atoms with Crippen molar-refractivity contribution < 1.29 is 4.79 Å². The highest BCUT2D eigenvalue weighted by Crippen LogP contribution is 2.28. The number of hydrogen-bond donors (Lipinski definition) is 1. The highest BCUT2D eigenvalue weighted by Gasteiger charge is 2.20. The number of piperidine rings is 1. The summed E-state index contributed by atoms with van der Waals surface area (Å²) in [6.45, 7) is 8.15. The fraction of sp³-hybridized carbons (Fsp3) is 0.385. The molecule has 1 aromatic heterocycles. The van der Waals surface area contributed by atoms with Gasteiger partial charge in [0.15, 0.2) is 5.01 Å². The fourth-order valence-corrected chi connectivity index (χ4v) is 5.07. The Bertz CT molecular complexity index is 989. The molecule has 1 amide bonds. The van der Waals surface area contributed by atoms with Gasteiger partial charge in [0.25, 0.3) is 5.91 Å². The van der Waals surface area contributed by atoms with E-state index in [1.807, 2.05) is 6.92 Å². The molecule has 0 aliphatic carbocycles. The van der Waals surface area contributed by atoms with Crippen LogP contribution in [0.2, 0.25) is 0 Å². The Morgan fingerprint density at radius 3 is 2.48 bits per heavy atom. The van der Waals surface area contributed by atoms with E-state index in [1.165, 1.54) is 35.3 Å². The zero-order valence-corrected chi connectivity index (χ0v) is 19.3. The van der Waals surface area contributed by atoms with Crippen LogP contribution in [-0.4, -0.2) is 35.4 Å². The highest BCUT2D eigenvalue weighted by molar-refractivity contribution is 7.14. The minimum atomic E-state index is -0.0482. The number of likely N-dealkylation sites (tertiary alicyclic amines) is 1. The molecule has 0 radical (unpaired) electrons. The average Bonchev–Trinajstić information content (AvgIpc) is 3.18. The lowest BCUT2D eigenvalue weighted by Crippen LogP contribution is -2.34. The van der Waals surface area contributed by atoms with Crippen LogP contribution in [0.1, 0.15) is 45.1 Å². The van der Waals surface area contributed by atoms with Crippen molar-refractivity contribution in [3.63, 3.8) is 0 Å². The Kier molecular flexibility index (Phi) is 7.15. The van der Waals surface area contributed by atoms with Crippen molar-refractivity contribution in [1.82, 2.24) is 15.2 Å². The lowest BCUT2D eigenvalue weighted by molar-refractivity contribution is 0.0947. The predicted octanol–water partition coefficient (Wildman–Crippen LogP) is 5.46. The first-order chi connectivity index (χ1) is 15.1. The molecule has 1 saturated heterocycles. The molecule has 0 spiro atoms. The van der Waals surface area contributed by atoms with E-state index in [2.05, 4.69) is 76.7 Å². The van der Waals surface area contributed by atoms with Crippen LogP contribution >= 0.6 is 11.3 Å².